The van der Waals surface area contributed by atoms with Crippen LogP contribution in [0.5, 0.6) is 0 Å². The molecule has 2 aromatic carbocycles. The minimum atomic E-state index is -0.874. The van der Waals surface area contributed by atoms with Crippen LogP contribution in [0.4, 0.5) is 14.5 Å². The summed E-state index contributed by atoms with van der Waals surface area (Å²) in [6.07, 6.45) is 0. The molecule has 1 aromatic heterocycles. The fourth-order valence-corrected chi connectivity index (χ4v) is 2.22. The Hall–Kier alpha value is -3.00. The second-order valence-corrected chi connectivity index (χ2v) is 5.39. The second-order valence-electron chi connectivity index (χ2n) is 4.99. The molecule has 1 amide bonds. The van der Waals surface area contributed by atoms with E-state index in [1.165, 1.54) is 42.5 Å². The average Bonchev–Trinajstić information content (AvgIpc) is 2.93. The maximum Gasteiger partial charge on any atom is 0.437 e. The number of hydrogen-bond acceptors (Lipinski definition) is 4. The first-order chi connectivity index (χ1) is 11.9. The van der Waals surface area contributed by atoms with E-state index in [1.54, 1.807) is 0 Å². The molecule has 0 radical (unpaired) electrons. The zero-order valence-corrected chi connectivity index (χ0v) is 13.3. The summed E-state index contributed by atoms with van der Waals surface area (Å²) >= 11 is 5.63. The highest BCUT2D eigenvalue weighted by molar-refractivity contribution is 6.31. The minimum Gasteiger partial charge on any atom is -0.388 e. The number of nitrogens with zero attached hydrogens (tertiary/aromatic N) is 2. The van der Waals surface area contributed by atoms with E-state index in [9.17, 15) is 18.4 Å². The number of carbonyl (C=O) groups is 1. The summed E-state index contributed by atoms with van der Waals surface area (Å²) in [6, 6.07) is 9.26. The number of aromatic nitrogens is 2. The van der Waals surface area contributed by atoms with E-state index in [0.29, 0.717) is 5.56 Å². The summed E-state index contributed by atoms with van der Waals surface area (Å²) in [5.74, 6) is -2.86. The quantitative estimate of drug-likeness (QED) is 0.770. The zero-order valence-electron chi connectivity index (χ0n) is 12.5. The molecule has 1 N–H and O–H groups in total. The van der Waals surface area contributed by atoms with E-state index in [1.807, 2.05) is 0 Å². The lowest BCUT2D eigenvalue weighted by Gasteiger charge is -2.06. The number of carbonyl (C=O) groups excluding carboxylic acids is 1. The van der Waals surface area contributed by atoms with Crippen molar-refractivity contribution in [1.29, 1.82) is 0 Å². The molecule has 0 fully saturated rings. The Morgan fingerprint density at radius 2 is 1.92 bits per heavy atom. The maximum absolute atomic E-state index is 13.8. The number of anilines is 1. The molecule has 0 atom stereocenters. The monoisotopic (exact) mass is 365 g/mol. The van der Waals surface area contributed by atoms with Crippen LogP contribution < -0.4 is 11.1 Å². The predicted octanol–water partition coefficient (Wildman–Crippen LogP) is 3.07. The van der Waals surface area contributed by atoms with Gasteiger partial charge in [0.15, 0.2) is 5.82 Å². The standard InChI is InChI=1S/C16H10ClF2N3O3/c17-11-2-1-3-12(14(11)19)20-13(23)8-22-16(24)25-15(21-22)9-4-6-10(18)7-5-9/h1-7H,8H2,(H,20,23). The van der Waals surface area contributed by atoms with E-state index in [4.69, 9.17) is 16.0 Å². The highest BCUT2D eigenvalue weighted by Crippen LogP contribution is 2.22. The molecule has 3 aromatic rings. The van der Waals surface area contributed by atoms with Gasteiger partial charge >= 0.3 is 5.76 Å². The van der Waals surface area contributed by atoms with Crippen LogP contribution >= 0.6 is 11.6 Å². The average molecular weight is 366 g/mol. The van der Waals surface area contributed by atoms with E-state index in [0.717, 1.165) is 4.68 Å². The Morgan fingerprint density at radius 3 is 2.64 bits per heavy atom. The zero-order chi connectivity index (χ0) is 18.0. The summed E-state index contributed by atoms with van der Waals surface area (Å²) in [4.78, 5) is 23.7. The van der Waals surface area contributed by atoms with Gasteiger partial charge in [-0.25, -0.2) is 13.6 Å². The first-order valence-corrected chi connectivity index (χ1v) is 7.39. The molecule has 6 nitrogen and oxygen atoms in total. The lowest BCUT2D eigenvalue weighted by molar-refractivity contribution is -0.117. The summed E-state index contributed by atoms with van der Waals surface area (Å²) in [7, 11) is 0. The second kappa shape index (κ2) is 6.86. The topological polar surface area (TPSA) is 77.1 Å². The van der Waals surface area contributed by atoms with Crippen LogP contribution in [0.2, 0.25) is 5.02 Å². The fourth-order valence-electron chi connectivity index (χ4n) is 2.04. The molecule has 0 saturated heterocycles. The van der Waals surface area contributed by atoms with E-state index in [2.05, 4.69) is 10.4 Å². The molecule has 0 spiro atoms. The molecule has 0 unspecified atom stereocenters. The lowest BCUT2D eigenvalue weighted by Crippen LogP contribution is -2.26. The van der Waals surface area contributed by atoms with Gasteiger partial charge in [-0.05, 0) is 36.4 Å². The Labute approximate surface area is 144 Å². The van der Waals surface area contributed by atoms with Crippen LogP contribution in [0, 0.1) is 11.6 Å². The fraction of sp³-hybridized carbons (Fsp3) is 0.0625. The largest absolute Gasteiger partial charge is 0.437 e. The number of benzene rings is 2. The third kappa shape index (κ3) is 3.74. The normalized spacial score (nSPS) is 10.7. The van der Waals surface area contributed by atoms with Crippen molar-refractivity contribution in [3.63, 3.8) is 0 Å². The Bertz CT molecular complexity index is 983. The molecule has 1 heterocycles. The minimum absolute atomic E-state index is 0.0632. The summed E-state index contributed by atoms with van der Waals surface area (Å²) in [6.45, 7) is -0.491. The van der Waals surface area contributed by atoms with Crippen molar-refractivity contribution >= 4 is 23.2 Å². The van der Waals surface area contributed by atoms with Gasteiger partial charge in [0.1, 0.15) is 12.4 Å². The highest BCUT2D eigenvalue weighted by Gasteiger charge is 2.15. The third-order valence-electron chi connectivity index (χ3n) is 3.22. The molecule has 0 bridgehead atoms. The predicted molar refractivity (Wildman–Crippen MR) is 86.2 cm³/mol. The molecule has 0 aliphatic rings. The van der Waals surface area contributed by atoms with Gasteiger partial charge in [-0.3, -0.25) is 4.79 Å². The number of nitrogens with one attached hydrogen (secondary N) is 1. The van der Waals surface area contributed by atoms with E-state index >= 15 is 0 Å². The van der Waals surface area contributed by atoms with Crippen molar-refractivity contribution in [2.45, 2.75) is 6.54 Å². The number of hydrogen-bond donors (Lipinski definition) is 1. The van der Waals surface area contributed by atoms with Crippen molar-refractivity contribution in [2.75, 3.05) is 5.32 Å². The third-order valence-corrected chi connectivity index (χ3v) is 3.51. The van der Waals surface area contributed by atoms with Gasteiger partial charge in [0.05, 0.1) is 10.7 Å². The van der Waals surface area contributed by atoms with Gasteiger partial charge in [-0.15, -0.1) is 5.10 Å². The van der Waals surface area contributed by atoms with Gasteiger partial charge in [0.25, 0.3) is 0 Å². The maximum atomic E-state index is 13.8. The van der Waals surface area contributed by atoms with E-state index in [-0.39, 0.29) is 16.6 Å². The van der Waals surface area contributed by atoms with Gasteiger partial charge in [0.2, 0.25) is 11.8 Å². The molecule has 0 aliphatic carbocycles. The van der Waals surface area contributed by atoms with Crippen molar-refractivity contribution in [3.05, 3.63) is 69.7 Å². The number of amides is 1. The summed E-state index contributed by atoms with van der Waals surface area (Å²) in [5, 5.41) is 6.02. The van der Waals surface area contributed by atoms with Gasteiger partial charge in [0, 0.05) is 5.56 Å². The first-order valence-electron chi connectivity index (χ1n) is 7.02. The Morgan fingerprint density at radius 1 is 1.20 bits per heavy atom. The van der Waals surface area contributed by atoms with Crippen LogP contribution in [-0.4, -0.2) is 15.7 Å². The molecular formula is C16H10ClF2N3O3. The molecule has 9 heteroatoms. The van der Waals surface area contributed by atoms with Crippen LogP contribution in [0.25, 0.3) is 11.5 Å². The molecule has 0 saturated carbocycles. The Balaban J connectivity index is 1.77. The van der Waals surface area contributed by atoms with Crippen LogP contribution in [0.1, 0.15) is 0 Å². The van der Waals surface area contributed by atoms with Gasteiger partial charge < -0.3 is 9.73 Å². The molecular weight excluding hydrogens is 356 g/mol. The van der Waals surface area contributed by atoms with Crippen molar-refractivity contribution in [2.24, 2.45) is 0 Å². The van der Waals surface area contributed by atoms with Crippen LogP contribution in [-0.2, 0) is 11.3 Å². The van der Waals surface area contributed by atoms with Gasteiger partial charge in [-0.2, -0.15) is 4.68 Å². The molecule has 128 valence electrons. The molecule has 25 heavy (non-hydrogen) atoms. The van der Waals surface area contributed by atoms with Crippen molar-refractivity contribution < 1.29 is 18.0 Å². The van der Waals surface area contributed by atoms with Gasteiger partial charge in [-0.1, -0.05) is 17.7 Å². The van der Waals surface area contributed by atoms with Crippen molar-refractivity contribution in [3.8, 4) is 11.5 Å². The van der Waals surface area contributed by atoms with Crippen LogP contribution in [0.15, 0.2) is 51.7 Å². The van der Waals surface area contributed by atoms with E-state index < -0.39 is 29.8 Å². The number of rotatable bonds is 4. The first kappa shape index (κ1) is 16.8. The molecule has 0 aliphatic heterocycles. The molecule has 3 rings (SSSR count). The Kier molecular flexibility index (Phi) is 4.62. The number of halogens is 3. The summed E-state index contributed by atoms with van der Waals surface area (Å²) < 4.78 is 32.4. The SMILES string of the molecule is O=C(Cn1nc(-c2ccc(F)cc2)oc1=O)Nc1cccc(Cl)c1F. The van der Waals surface area contributed by atoms with Crippen molar-refractivity contribution in [1.82, 2.24) is 9.78 Å². The van der Waals surface area contributed by atoms with Crippen LogP contribution in [0.3, 0.4) is 0 Å². The smallest absolute Gasteiger partial charge is 0.388 e. The lowest BCUT2D eigenvalue weighted by atomic mass is 10.2. The highest BCUT2D eigenvalue weighted by atomic mass is 35.5. The summed E-state index contributed by atoms with van der Waals surface area (Å²) in [5.41, 5.74) is 0.256.